The quantitative estimate of drug-likeness (QED) is 0.632. The maximum Gasteiger partial charge on any atom is 0.400 e. The van der Waals surface area contributed by atoms with E-state index >= 15 is 0 Å². The number of carbonyl (C=O) groups excluding carboxylic acids is 2. The molecule has 1 aliphatic heterocycles. The molecule has 0 unspecified atom stereocenters. The van der Waals surface area contributed by atoms with Gasteiger partial charge in [-0.3, -0.25) is 9.59 Å². The van der Waals surface area contributed by atoms with Crippen LogP contribution in [0.4, 0.5) is 13.2 Å². The molecule has 3 rings (SSSR count). The second-order valence-corrected chi connectivity index (χ2v) is 5.79. The highest BCUT2D eigenvalue weighted by atomic mass is 19.4. The molecule has 0 N–H and O–H groups in total. The van der Waals surface area contributed by atoms with Crippen molar-refractivity contribution < 1.29 is 32.2 Å². The Hall–Kier alpha value is -2.05. The first kappa shape index (κ1) is 15.8. The Morgan fingerprint density at radius 1 is 1.30 bits per heavy atom. The topological polar surface area (TPSA) is 52.6 Å². The van der Waals surface area contributed by atoms with Gasteiger partial charge in [0, 0.05) is 5.92 Å². The van der Waals surface area contributed by atoms with E-state index in [0.717, 1.165) is 0 Å². The van der Waals surface area contributed by atoms with E-state index in [0.29, 0.717) is 0 Å². The minimum absolute atomic E-state index is 0.113. The fourth-order valence-corrected chi connectivity index (χ4v) is 4.11. The van der Waals surface area contributed by atoms with Gasteiger partial charge in [-0.15, -0.1) is 0 Å². The summed E-state index contributed by atoms with van der Waals surface area (Å²) in [7, 11) is 0. The third-order valence-electron chi connectivity index (χ3n) is 4.83. The van der Waals surface area contributed by atoms with E-state index in [4.69, 9.17) is 9.47 Å². The average Bonchev–Trinajstić information content (AvgIpc) is 3.07. The Kier molecular flexibility index (Phi) is 3.25. The first-order chi connectivity index (χ1) is 10.8. The molecular weight excluding hydrogens is 313 g/mol. The van der Waals surface area contributed by atoms with Gasteiger partial charge in [0.25, 0.3) is 0 Å². The van der Waals surface area contributed by atoms with Crippen LogP contribution in [0.15, 0.2) is 30.3 Å². The molecule has 1 aromatic rings. The van der Waals surface area contributed by atoms with Crippen LogP contribution in [0.5, 0.6) is 0 Å². The zero-order valence-corrected chi connectivity index (χ0v) is 12.5. The smallest absolute Gasteiger partial charge is 0.400 e. The second-order valence-electron chi connectivity index (χ2n) is 5.79. The molecule has 2 fully saturated rings. The zero-order valence-electron chi connectivity index (χ0n) is 12.5. The number of hydrogen-bond acceptors (Lipinski definition) is 4. The van der Waals surface area contributed by atoms with Crippen molar-refractivity contribution in [2.24, 2.45) is 11.3 Å². The van der Waals surface area contributed by atoms with Crippen molar-refractivity contribution in [3.63, 3.8) is 0 Å². The number of rotatable bonds is 3. The first-order valence-electron chi connectivity index (χ1n) is 7.26. The molecule has 0 spiro atoms. The largest absolute Gasteiger partial charge is 0.465 e. The molecule has 0 amide bonds. The Labute approximate surface area is 130 Å². The Bertz CT molecular complexity index is 657. The molecular formula is C16H15F3O4. The van der Waals surface area contributed by atoms with Gasteiger partial charge in [-0.2, -0.15) is 13.2 Å². The standard InChI is InChI=1S/C16H15F3O4/c1-3-22-12(20)14-11(9(2)23-13(14)21)15(14,16(17,18)19)10-7-5-4-6-8-10/h4-9,11H,3H2,1-2H3/t9-,11-,14+,15+/m1/s1. The number of halogens is 3. The Morgan fingerprint density at radius 2 is 1.91 bits per heavy atom. The summed E-state index contributed by atoms with van der Waals surface area (Å²) in [4.78, 5) is 24.7. The van der Waals surface area contributed by atoms with Crippen LogP contribution in [0.25, 0.3) is 0 Å². The van der Waals surface area contributed by atoms with Crippen LogP contribution in [0.2, 0.25) is 0 Å². The number of cyclic esters (lactones) is 1. The highest BCUT2D eigenvalue weighted by Gasteiger charge is 2.99. The van der Waals surface area contributed by atoms with Gasteiger partial charge in [-0.1, -0.05) is 30.3 Å². The van der Waals surface area contributed by atoms with E-state index < -0.39 is 41.0 Å². The van der Waals surface area contributed by atoms with Gasteiger partial charge in [0.2, 0.25) is 0 Å². The van der Waals surface area contributed by atoms with Gasteiger partial charge < -0.3 is 9.47 Å². The highest BCUT2D eigenvalue weighted by molar-refractivity contribution is 6.09. The highest BCUT2D eigenvalue weighted by Crippen LogP contribution is 2.80. The summed E-state index contributed by atoms with van der Waals surface area (Å²) in [6.07, 6.45) is -5.81. The number of fused-ring (bicyclic) bond motifs is 1. The Morgan fingerprint density at radius 3 is 2.43 bits per heavy atom. The molecule has 2 aliphatic rings. The van der Waals surface area contributed by atoms with Crippen LogP contribution in [0, 0.1) is 11.3 Å². The SMILES string of the molecule is CCOC(=O)[C@]12C(=O)O[C@H](C)[C@H]1[C@]2(c1ccccc1)C(F)(F)F. The lowest BCUT2D eigenvalue weighted by Gasteiger charge is -2.28. The third kappa shape index (κ3) is 1.62. The molecule has 23 heavy (non-hydrogen) atoms. The van der Waals surface area contributed by atoms with E-state index in [1.54, 1.807) is 6.07 Å². The molecule has 1 saturated heterocycles. The lowest BCUT2D eigenvalue weighted by molar-refractivity contribution is -0.197. The fourth-order valence-electron chi connectivity index (χ4n) is 4.11. The number of ether oxygens (including phenoxy) is 2. The van der Waals surface area contributed by atoms with Crippen molar-refractivity contribution in [3.8, 4) is 0 Å². The summed E-state index contributed by atoms with van der Waals surface area (Å²) in [6, 6.07) is 7.04. The minimum Gasteiger partial charge on any atom is -0.465 e. The monoisotopic (exact) mass is 328 g/mol. The second kappa shape index (κ2) is 4.72. The van der Waals surface area contributed by atoms with Gasteiger partial charge in [0.15, 0.2) is 5.41 Å². The van der Waals surface area contributed by atoms with Gasteiger partial charge >= 0.3 is 18.1 Å². The van der Waals surface area contributed by atoms with Crippen LogP contribution >= 0.6 is 0 Å². The molecule has 1 aliphatic carbocycles. The Balaban J connectivity index is 2.26. The van der Waals surface area contributed by atoms with Crippen LogP contribution < -0.4 is 0 Å². The minimum atomic E-state index is -4.79. The lowest BCUT2D eigenvalue weighted by atomic mass is 9.84. The number of carbonyl (C=O) groups is 2. The normalized spacial score (nSPS) is 35.4. The molecule has 0 aromatic heterocycles. The average molecular weight is 328 g/mol. The van der Waals surface area contributed by atoms with Crippen molar-refractivity contribution in [2.45, 2.75) is 31.5 Å². The zero-order chi connectivity index (χ0) is 17.0. The summed E-state index contributed by atoms with van der Waals surface area (Å²) in [5, 5.41) is 0. The molecule has 1 aromatic carbocycles. The molecule has 4 nitrogen and oxygen atoms in total. The van der Waals surface area contributed by atoms with E-state index in [1.165, 1.54) is 38.1 Å². The molecule has 0 radical (unpaired) electrons. The number of hydrogen-bond donors (Lipinski definition) is 0. The van der Waals surface area contributed by atoms with Gasteiger partial charge in [-0.05, 0) is 19.4 Å². The number of esters is 2. The van der Waals surface area contributed by atoms with Gasteiger partial charge in [0.1, 0.15) is 11.5 Å². The lowest BCUT2D eigenvalue weighted by Crippen LogP contribution is -2.45. The van der Waals surface area contributed by atoms with E-state index in [2.05, 4.69) is 0 Å². The van der Waals surface area contributed by atoms with E-state index in [-0.39, 0.29) is 12.2 Å². The predicted molar refractivity (Wildman–Crippen MR) is 72.3 cm³/mol. The summed E-state index contributed by atoms with van der Waals surface area (Å²) >= 11 is 0. The maximum atomic E-state index is 14.1. The van der Waals surface area contributed by atoms with Gasteiger partial charge in [0.05, 0.1) is 6.61 Å². The fraction of sp³-hybridized carbons (Fsp3) is 0.500. The van der Waals surface area contributed by atoms with Crippen LogP contribution in [0.3, 0.4) is 0 Å². The molecule has 1 heterocycles. The number of benzene rings is 1. The van der Waals surface area contributed by atoms with Crippen molar-refractivity contribution in [1.29, 1.82) is 0 Å². The molecule has 4 atom stereocenters. The van der Waals surface area contributed by atoms with Crippen molar-refractivity contribution in [2.75, 3.05) is 6.61 Å². The molecule has 0 bridgehead atoms. The van der Waals surface area contributed by atoms with Crippen LogP contribution in [-0.4, -0.2) is 30.8 Å². The van der Waals surface area contributed by atoms with Crippen molar-refractivity contribution in [3.05, 3.63) is 35.9 Å². The first-order valence-corrected chi connectivity index (χ1v) is 7.26. The molecule has 7 heteroatoms. The predicted octanol–water partition coefficient (Wildman–Crippen LogP) is 2.61. The summed E-state index contributed by atoms with van der Waals surface area (Å²) in [5.41, 5.74) is -5.06. The summed E-state index contributed by atoms with van der Waals surface area (Å²) < 4.78 is 52.0. The van der Waals surface area contributed by atoms with Crippen LogP contribution in [0.1, 0.15) is 19.4 Å². The maximum absolute atomic E-state index is 14.1. The van der Waals surface area contributed by atoms with Gasteiger partial charge in [-0.25, -0.2) is 0 Å². The third-order valence-corrected chi connectivity index (χ3v) is 4.83. The summed E-state index contributed by atoms with van der Waals surface area (Å²) in [5.74, 6) is -3.64. The van der Waals surface area contributed by atoms with Crippen molar-refractivity contribution >= 4 is 11.9 Å². The number of alkyl halides is 3. The van der Waals surface area contributed by atoms with E-state index in [9.17, 15) is 22.8 Å². The molecule has 124 valence electrons. The molecule has 1 saturated carbocycles. The van der Waals surface area contributed by atoms with Crippen molar-refractivity contribution in [1.82, 2.24) is 0 Å². The van der Waals surface area contributed by atoms with E-state index in [1.807, 2.05) is 0 Å². The summed E-state index contributed by atoms with van der Waals surface area (Å²) in [6.45, 7) is 2.74. The van der Waals surface area contributed by atoms with Crippen LogP contribution in [-0.2, 0) is 24.5 Å².